The lowest BCUT2D eigenvalue weighted by Gasteiger charge is -2.38. The van der Waals surface area contributed by atoms with E-state index >= 15 is 0 Å². The molecule has 1 atom stereocenters. The molecule has 4 heteroatoms. The summed E-state index contributed by atoms with van der Waals surface area (Å²) in [5.74, 6) is 0. The quantitative estimate of drug-likeness (QED) is 0.850. The third kappa shape index (κ3) is 4.07. The van der Waals surface area contributed by atoms with Crippen LogP contribution in [-0.4, -0.2) is 25.7 Å². The van der Waals surface area contributed by atoms with Gasteiger partial charge in [-0.3, -0.25) is 0 Å². The Morgan fingerprint density at radius 1 is 1.08 bits per heavy atom. The van der Waals surface area contributed by atoms with Crippen LogP contribution in [0.5, 0.6) is 0 Å². The van der Waals surface area contributed by atoms with Crippen LogP contribution in [0.2, 0.25) is 0 Å². The third-order valence-corrected chi connectivity index (χ3v) is 5.13. The first kappa shape index (κ1) is 18.8. The molecule has 1 N–H and O–H groups in total. The van der Waals surface area contributed by atoms with Gasteiger partial charge in [0.15, 0.2) is 0 Å². The standard InChI is InChI=1S/C22H31N3O/c1-20(2,3)15-21(4,5)16-11-12-22(6,26)17(13-16)14-25-23-18-9-7-8-10-19(18)24-25/h7-11,13,26H,12,14-15H2,1-6H3. The van der Waals surface area contributed by atoms with Crippen molar-refractivity contribution >= 4 is 11.0 Å². The zero-order valence-electron chi connectivity index (χ0n) is 16.9. The molecular formula is C22H31N3O. The van der Waals surface area contributed by atoms with Crippen molar-refractivity contribution in [2.75, 3.05) is 0 Å². The van der Waals surface area contributed by atoms with E-state index in [0.717, 1.165) is 23.0 Å². The minimum absolute atomic E-state index is 0.0578. The summed E-state index contributed by atoms with van der Waals surface area (Å²) < 4.78 is 0. The van der Waals surface area contributed by atoms with Crippen LogP contribution in [0.3, 0.4) is 0 Å². The van der Waals surface area contributed by atoms with Crippen LogP contribution >= 0.6 is 0 Å². The van der Waals surface area contributed by atoms with Gasteiger partial charge in [0, 0.05) is 0 Å². The Hall–Kier alpha value is -1.94. The molecule has 0 aliphatic heterocycles. The molecule has 1 aliphatic rings. The highest BCUT2D eigenvalue weighted by molar-refractivity contribution is 5.73. The largest absolute Gasteiger partial charge is 0.385 e. The molecule has 2 aromatic rings. The molecule has 0 bridgehead atoms. The van der Waals surface area contributed by atoms with Crippen molar-refractivity contribution in [3.63, 3.8) is 0 Å². The summed E-state index contributed by atoms with van der Waals surface area (Å²) in [5, 5.41) is 20.0. The number of hydrogen-bond donors (Lipinski definition) is 1. The first-order valence-corrected chi connectivity index (χ1v) is 9.40. The van der Waals surface area contributed by atoms with Crippen molar-refractivity contribution in [1.29, 1.82) is 0 Å². The van der Waals surface area contributed by atoms with Crippen LogP contribution < -0.4 is 0 Å². The number of hydrogen-bond acceptors (Lipinski definition) is 3. The predicted octanol–water partition coefficient (Wildman–Crippen LogP) is 4.90. The minimum atomic E-state index is -0.860. The second-order valence-corrected chi connectivity index (χ2v) is 9.65. The Morgan fingerprint density at radius 3 is 2.19 bits per heavy atom. The van der Waals surface area contributed by atoms with Gasteiger partial charge in [-0.25, -0.2) is 0 Å². The molecule has 0 radical (unpaired) electrons. The first-order valence-electron chi connectivity index (χ1n) is 9.40. The number of aromatic nitrogens is 3. The Labute approximate surface area is 156 Å². The van der Waals surface area contributed by atoms with Gasteiger partial charge < -0.3 is 5.11 Å². The maximum Gasteiger partial charge on any atom is 0.113 e. The average Bonchev–Trinajstić information content (AvgIpc) is 2.89. The number of fused-ring (bicyclic) bond motifs is 1. The molecule has 0 spiro atoms. The van der Waals surface area contributed by atoms with E-state index < -0.39 is 5.60 Å². The Balaban J connectivity index is 1.90. The van der Waals surface area contributed by atoms with Crippen LogP contribution in [0.15, 0.2) is 47.6 Å². The maximum atomic E-state index is 10.9. The highest BCUT2D eigenvalue weighted by Gasteiger charge is 2.34. The van der Waals surface area contributed by atoms with Gasteiger partial charge in [-0.2, -0.15) is 15.0 Å². The molecule has 26 heavy (non-hydrogen) atoms. The lowest BCUT2D eigenvalue weighted by Crippen LogP contribution is -2.33. The Bertz CT molecular complexity index is 830. The van der Waals surface area contributed by atoms with Crippen LogP contribution in [0, 0.1) is 10.8 Å². The molecule has 0 saturated heterocycles. The van der Waals surface area contributed by atoms with Crippen LogP contribution in [0.1, 0.15) is 54.4 Å². The molecule has 4 nitrogen and oxygen atoms in total. The molecular weight excluding hydrogens is 322 g/mol. The summed E-state index contributed by atoms with van der Waals surface area (Å²) in [5.41, 5.74) is 3.48. The summed E-state index contributed by atoms with van der Waals surface area (Å²) in [7, 11) is 0. The number of allylic oxidation sites excluding steroid dienone is 2. The van der Waals surface area contributed by atoms with Gasteiger partial charge in [0.2, 0.25) is 0 Å². The number of rotatable bonds is 4. The van der Waals surface area contributed by atoms with E-state index in [-0.39, 0.29) is 10.8 Å². The zero-order valence-corrected chi connectivity index (χ0v) is 16.9. The molecule has 3 rings (SSSR count). The van der Waals surface area contributed by atoms with Crippen molar-refractivity contribution in [2.45, 2.75) is 66.5 Å². The molecule has 0 fully saturated rings. The van der Waals surface area contributed by atoms with Crippen LogP contribution in [0.4, 0.5) is 0 Å². The topological polar surface area (TPSA) is 50.9 Å². The monoisotopic (exact) mass is 353 g/mol. The molecule has 1 aliphatic carbocycles. The van der Waals surface area contributed by atoms with E-state index in [1.165, 1.54) is 5.57 Å². The van der Waals surface area contributed by atoms with Gasteiger partial charge >= 0.3 is 0 Å². The SMILES string of the molecule is CC(C)(C)CC(C)(C)C1=CCC(C)(O)C(Cn2nc3ccccc3n2)=C1. The Kier molecular flexibility index (Phi) is 4.60. The molecule has 1 heterocycles. The highest BCUT2D eigenvalue weighted by Crippen LogP contribution is 2.43. The predicted molar refractivity (Wildman–Crippen MR) is 107 cm³/mol. The highest BCUT2D eigenvalue weighted by atomic mass is 16.3. The van der Waals surface area contributed by atoms with E-state index in [4.69, 9.17) is 0 Å². The molecule has 1 aromatic heterocycles. The van der Waals surface area contributed by atoms with Gasteiger partial charge in [-0.1, -0.05) is 58.9 Å². The normalized spacial score (nSPS) is 21.7. The van der Waals surface area contributed by atoms with Gasteiger partial charge in [0.05, 0.1) is 12.1 Å². The van der Waals surface area contributed by atoms with E-state index in [1.54, 1.807) is 4.80 Å². The number of aliphatic hydroxyl groups is 1. The van der Waals surface area contributed by atoms with Crippen molar-refractivity contribution in [1.82, 2.24) is 15.0 Å². The van der Waals surface area contributed by atoms with E-state index in [2.05, 4.69) is 57.0 Å². The van der Waals surface area contributed by atoms with E-state index in [0.29, 0.717) is 13.0 Å². The lowest BCUT2D eigenvalue weighted by molar-refractivity contribution is 0.0921. The summed E-state index contributed by atoms with van der Waals surface area (Å²) >= 11 is 0. The average molecular weight is 354 g/mol. The van der Waals surface area contributed by atoms with E-state index in [9.17, 15) is 5.11 Å². The molecule has 0 amide bonds. The smallest absolute Gasteiger partial charge is 0.113 e. The third-order valence-electron chi connectivity index (χ3n) is 5.13. The zero-order chi connectivity index (χ0) is 19.2. The van der Waals surface area contributed by atoms with Crippen LogP contribution in [0.25, 0.3) is 11.0 Å². The first-order chi connectivity index (χ1) is 12.0. The molecule has 1 unspecified atom stereocenters. The van der Waals surface area contributed by atoms with Gasteiger partial charge in [0.1, 0.15) is 11.0 Å². The number of benzene rings is 1. The fourth-order valence-corrected chi connectivity index (χ4v) is 4.08. The fourth-order valence-electron chi connectivity index (χ4n) is 4.08. The summed E-state index contributed by atoms with van der Waals surface area (Å²) in [6.07, 6.45) is 6.08. The van der Waals surface area contributed by atoms with Gasteiger partial charge in [-0.05, 0) is 53.9 Å². The van der Waals surface area contributed by atoms with E-state index in [1.807, 2.05) is 31.2 Å². The van der Waals surface area contributed by atoms with Crippen molar-refractivity contribution < 1.29 is 5.11 Å². The lowest BCUT2D eigenvalue weighted by atomic mass is 9.69. The van der Waals surface area contributed by atoms with Crippen molar-refractivity contribution in [3.05, 3.63) is 47.6 Å². The van der Waals surface area contributed by atoms with Crippen molar-refractivity contribution in [2.24, 2.45) is 10.8 Å². The summed E-state index contributed by atoms with van der Waals surface area (Å²) in [6, 6.07) is 7.86. The Morgan fingerprint density at radius 2 is 1.65 bits per heavy atom. The number of nitrogens with zero attached hydrogens (tertiary/aromatic N) is 3. The van der Waals surface area contributed by atoms with Gasteiger partial charge in [-0.15, -0.1) is 0 Å². The summed E-state index contributed by atoms with van der Waals surface area (Å²) in [4.78, 5) is 1.70. The molecule has 140 valence electrons. The summed E-state index contributed by atoms with van der Waals surface area (Å²) in [6.45, 7) is 13.8. The van der Waals surface area contributed by atoms with Crippen molar-refractivity contribution in [3.8, 4) is 0 Å². The molecule has 1 aromatic carbocycles. The molecule has 0 saturated carbocycles. The minimum Gasteiger partial charge on any atom is -0.385 e. The second kappa shape index (κ2) is 6.34. The fraction of sp³-hybridized carbons (Fsp3) is 0.545. The maximum absolute atomic E-state index is 10.9. The van der Waals surface area contributed by atoms with Gasteiger partial charge in [0.25, 0.3) is 0 Å². The van der Waals surface area contributed by atoms with Crippen LogP contribution in [-0.2, 0) is 6.54 Å². The second-order valence-electron chi connectivity index (χ2n) is 9.65.